The fourth-order valence-corrected chi connectivity index (χ4v) is 58.7. The lowest BCUT2D eigenvalue weighted by Gasteiger charge is -2.55. The number of nitrogens with zero attached hydrogens (tertiary/aromatic N) is 4. The van der Waals surface area contributed by atoms with Crippen LogP contribution < -0.4 is 0 Å². The van der Waals surface area contributed by atoms with Gasteiger partial charge in [-0.2, -0.15) is 47.0 Å². The molecule has 0 spiro atoms. The number of rotatable bonds is 12. The van der Waals surface area contributed by atoms with Gasteiger partial charge in [-0.1, -0.05) is 250 Å². The molecule has 32 rings (SSSR count). The number of ether oxygens (including phenoxy) is 4. The van der Waals surface area contributed by atoms with Crippen molar-refractivity contribution in [2.45, 2.75) is 703 Å². The second-order valence-electron chi connectivity index (χ2n) is 60.7. The molecule has 47 atom stereocenters. The van der Waals surface area contributed by atoms with E-state index in [1.54, 1.807) is 122 Å². The van der Waals surface area contributed by atoms with E-state index in [1.807, 2.05) is 0 Å². The van der Waals surface area contributed by atoms with Crippen molar-refractivity contribution in [1.29, 1.82) is 0 Å². The van der Waals surface area contributed by atoms with Gasteiger partial charge in [0.2, 0.25) is 0 Å². The topological polar surface area (TPSA) is 49.9 Å². The highest BCUT2D eigenvalue weighted by Crippen LogP contribution is 2.70. The molecule has 32 aliphatic rings. The number of thioether (sulfide) groups is 4. The molecule has 0 radical (unpaired) electrons. The number of fused-ring (bicyclic) bond motifs is 33. The van der Waals surface area contributed by atoms with E-state index >= 15 is 0 Å². The Morgan fingerprint density at radius 3 is 0.730 bits per heavy atom. The van der Waals surface area contributed by atoms with Crippen LogP contribution >= 0.6 is 47.0 Å². The van der Waals surface area contributed by atoms with Crippen LogP contribution in [0.1, 0.15) is 539 Å². The molecule has 12 heteroatoms. The fourth-order valence-electron chi connectivity index (χ4n) is 48.9. The van der Waals surface area contributed by atoms with Crippen molar-refractivity contribution >= 4 is 47.0 Å². The third-order valence-electron chi connectivity index (χ3n) is 54.5. The third-order valence-corrected chi connectivity index (χ3v) is 62.3. The lowest BCUT2D eigenvalue weighted by Crippen LogP contribution is -2.59. The first-order chi connectivity index (χ1) is 73.4. The summed E-state index contributed by atoms with van der Waals surface area (Å²) in [6.45, 7) is 0. The predicted molar refractivity (Wildman–Crippen MR) is 620 cm³/mol. The van der Waals surface area contributed by atoms with Gasteiger partial charge >= 0.3 is 0 Å². The largest absolute Gasteiger partial charge is 0.374 e. The van der Waals surface area contributed by atoms with E-state index in [-0.39, 0.29) is 0 Å². The minimum Gasteiger partial charge on any atom is -0.374 e. The molecule has 24 saturated carbocycles. The van der Waals surface area contributed by atoms with E-state index in [0.717, 1.165) is 257 Å². The van der Waals surface area contributed by atoms with Gasteiger partial charge in [-0.3, -0.25) is 19.6 Å². The van der Waals surface area contributed by atoms with Gasteiger partial charge in [0.05, 0.1) is 48.8 Å². The van der Waals surface area contributed by atoms with E-state index in [4.69, 9.17) is 18.9 Å². The number of hydrogen-bond acceptors (Lipinski definition) is 12. The Labute approximate surface area is 923 Å². The van der Waals surface area contributed by atoms with Crippen LogP contribution in [0.3, 0.4) is 0 Å². The first kappa shape index (κ1) is 104. The van der Waals surface area contributed by atoms with Gasteiger partial charge in [-0.25, -0.2) is 0 Å². The lowest BCUT2D eigenvalue weighted by atomic mass is 9.57. The molecule has 47 unspecified atom stereocenters. The summed E-state index contributed by atoms with van der Waals surface area (Å²) in [4.78, 5) is 13.3. The van der Waals surface area contributed by atoms with Gasteiger partial charge in [-0.05, 0) is 407 Å². The van der Waals surface area contributed by atoms with Gasteiger partial charge in [-0.15, -0.1) is 0 Å². The smallest absolute Gasteiger partial charge is 0.0621 e. The lowest BCUT2D eigenvalue weighted by molar-refractivity contribution is -0.0449. The van der Waals surface area contributed by atoms with Crippen molar-refractivity contribution in [2.75, 3.05) is 0 Å². The molecule has 832 valence electrons. The van der Waals surface area contributed by atoms with Crippen molar-refractivity contribution in [3.8, 4) is 0 Å². The zero-order valence-electron chi connectivity index (χ0n) is 94.5. The van der Waals surface area contributed by atoms with Gasteiger partial charge in [0.15, 0.2) is 0 Å². The highest BCUT2D eigenvalue weighted by molar-refractivity contribution is 8.01. The van der Waals surface area contributed by atoms with Crippen LogP contribution in [0.25, 0.3) is 0 Å². The molecule has 0 aromatic carbocycles. The summed E-state index contributed by atoms with van der Waals surface area (Å²) in [6.07, 6.45) is 131. The molecule has 148 heavy (non-hydrogen) atoms. The predicted octanol–water partition coefficient (Wildman–Crippen LogP) is 34.5. The van der Waals surface area contributed by atoms with Crippen LogP contribution in [0.2, 0.25) is 0 Å². The van der Waals surface area contributed by atoms with Crippen molar-refractivity contribution in [2.24, 2.45) is 142 Å². The summed E-state index contributed by atoms with van der Waals surface area (Å²) in [7, 11) is 0. The van der Waals surface area contributed by atoms with Gasteiger partial charge in [0.25, 0.3) is 0 Å². The second kappa shape index (κ2) is 47.0. The minimum atomic E-state index is 0.620. The molecule has 8 aliphatic heterocycles. The molecular formula is C136H220N4O4S4. The Hall–Kier alpha value is 1.08. The summed E-state index contributed by atoms with van der Waals surface area (Å²) in [6, 6.07) is 10.9. The second-order valence-corrected chi connectivity index (χ2v) is 66.2. The standard InChI is InChI=1S/C38H61NOS.2C34H55NOS.C30H49NOS/c1-2-10-26(11-3-1)39(27-20-19-25-18-17-24-9-4-5-12-28(24)32(25)23-27)33-15-8-14-29-30-21-22-35-36(38(30)41-37(29)33)31-13-6-7-16-34(31)40-35;1-2-12-23(13-3-1)35(28-17-8-11-22-10-4-5-14-24(22)28)29-18-9-16-25-26-20-21-31-32(34(26)37-33(25)29)27-15-6-7-19-30(27)36-31;1-2-11-24(12-3-1)35(25-18-17-22-9-4-5-10-23(22)21-25)29-15-8-14-26-27-19-20-31-32(34(27)37-33(26)29)28-13-6-7-16-30(28)36-31;1-3-10-20(11-4-1)31(21-12-5-2-6-13-21)25-16-9-15-22-23-18-19-27-28(30(23)33-29(22)25)24-14-7-8-17-26(24)32-27/h24-38H,1-23H2;2*22-34H,1-21H2;20-30H,1-19H2. The zero-order valence-corrected chi connectivity index (χ0v) is 97.7. The fraction of sp³-hybridized carbons (Fsp3) is 1.00. The molecule has 32 fully saturated rings. The van der Waals surface area contributed by atoms with E-state index in [1.165, 1.54) is 417 Å². The van der Waals surface area contributed by atoms with E-state index in [2.05, 4.69) is 66.6 Å². The van der Waals surface area contributed by atoms with E-state index < -0.39 is 0 Å². The Balaban J connectivity index is 0.0000000933. The Morgan fingerprint density at radius 1 is 0.122 bits per heavy atom. The van der Waals surface area contributed by atoms with Gasteiger partial charge in [0.1, 0.15) is 0 Å². The molecule has 24 aliphatic carbocycles. The van der Waals surface area contributed by atoms with E-state index in [9.17, 15) is 0 Å². The molecule has 0 amide bonds. The summed E-state index contributed by atoms with van der Waals surface area (Å²) in [5, 5.41) is 7.50. The highest BCUT2D eigenvalue weighted by Gasteiger charge is 2.68. The average molecular weight is 2100 g/mol. The van der Waals surface area contributed by atoms with Gasteiger partial charge < -0.3 is 18.9 Å². The maximum absolute atomic E-state index is 6.87. The monoisotopic (exact) mass is 2100 g/mol. The molecule has 8 nitrogen and oxygen atoms in total. The molecule has 0 aromatic rings. The third kappa shape index (κ3) is 20.1. The van der Waals surface area contributed by atoms with Crippen LogP contribution in [0.5, 0.6) is 0 Å². The van der Waals surface area contributed by atoms with Crippen LogP contribution in [0.4, 0.5) is 0 Å². The van der Waals surface area contributed by atoms with Crippen LogP contribution in [0.15, 0.2) is 0 Å². The van der Waals surface area contributed by atoms with Crippen molar-refractivity contribution < 1.29 is 18.9 Å². The van der Waals surface area contributed by atoms with Crippen LogP contribution in [-0.4, -0.2) is 183 Å². The SMILES string of the molecule is C1CCC(N(C2CCC3CCC4CCCCC4C3C2)C2CCCC3C4CCC5OC6CCCCC6C5C4SC32)CC1.C1CCC(N(C2CCC3CCCCC3C2)C2CCCC3C4CCC5OC6CCCCC6C5C4SC32)CC1.C1CCC(N(C2CCCC3CCCCC32)C2CCCC3C4CCC5OC6CCCCC6C5C4SC32)CC1.C1CCC(N(C2CCCCC2)C2CCCC3C4CCC5OC6CCCCC6C5C4SC32)CC1. The Kier molecular flexibility index (Phi) is 33.1. The average Bonchev–Trinajstić information content (AvgIpc) is 1.57. The first-order valence-corrected chi connectivity index (χ1v) is 73.5. The molecule has 8 saturated heterocycles. The normalized spacial score (nSPS) is 51.8. The van der Waals surface area contributed by atoms with E-state index in [0.29, 0.717) is 48.8 Å². The Bertz CT molecular complexity index is 4200. The Morgan fingerprint density at radius 2 is 0.358 bits per heavy atom. The summed E-state index contributed by atoms with van der Waals surface area (Å²) < 4.78 is 27.3. The van der Waals surface area contributed by atoms with Crippen LogP contribution in [0, 0.1) is 142 Å². The molecular weight excluding hydrogens is 1880 g/mol. The number of hydrogen-bond donors (Lipinski definition) is 0. The van der Waals surface area contributed by atoms with Gasteiger partial charge in [0, 0.05) is 138 Å². The maximum Gasteiger partial charge on any atom is 0.0621 e. The molecule has 8 heterocycles. The summed E-state index contributed by atoms with van der Waals surface area (Å²) in [5.41, 5.74) is 0. The quantitative estimate of drug-likeness (QED) is 0.187. The van der Waals surface area contributed by atoms with Crippen molar-refractivity contribution in [3.63, 3.8) is 0 Å². The van der Waals surface area contributed by atoms with Crippen molar-refractivity contribution in [3.05, 3.63) is 0 Å². The molecule has 0 N–H and O–H groups in total. The maximum atomic E-state index is 6.87. The first-order valence-electron chi connectivity index (χ1n) is 69.8. The summed E-state index contributed by atoms with van der Waals surface area (Å²) in [5.74, 6) is 24.1. The van der Waals surface area contributed by atoms with Crippen molar-refractivity contribution in [1.82, 2.24) is 19.6 Å². The summed E-state index contributed by atoms with van der Waals surface area (Å²) >= 11 is 10.3. The molecule has 0 bridgehead atoms. The minimum absolute atomic E-state index is 0.620. The zero-order chi connectivity index (χ0) is 97.4. The highest BCUT2D eigenvalue weighted by atomic mass is 32.2. The van der Waals surface area contributed by atoms with Crippen LogP contribution in [-0.2, 0) is 18.9 Å². The molecule has 0 aromatic heterocycles.